The van der Waals surface area contributed by atoms with Gasteiger partial charge in [-0.05, 0) is 44.7 Å². The molecule has 1 aliphatic heterocycles. The first-order chi connectivity index (χ1) is 10.3. The first-order valence-corrected chi connectivity index (χ1v) is 8.56. The summed E-state index contributed by atoms with van der Waals surface area (Å²) < 4.78 is 11.2. The highest BCUT2D eigenvalue weighted by molar-refractivity contribution is 8.15. The van der Waals surface area contributed by atoms with Crippen molar-refractivity contribution in [3.05, 3.63) is 18.2 Å². The summed E-state index contributed by atoms with van der Waals surface area (Å²) in [5.74, 6) is 2.46. The normalized spacial score (nSPS) is 21.0. The molecular formula is C16H22N2O2S. The summed E-state index contributed by atoms with van der Waals surface area (Å²) in [5, 5.41) is 5.11. The summed E-state index contributed by atoms with van der Waals surface area (Å²) in [6.07, 6.45) is 2.75. The second kappa shape index (κ2) is 6.60. The molecule has 0 saturated heterocycles. The molecule has 1 aromatic carbocycles. The Balaban J connectivity index is 1.66. The van der Waals surface area contributed by atoms with Crippen LogP contribution in [-0.2, 0) is 0 Å². The maximum atomic E-state index is 5.65. The first-order valence-electron chi connectivity index (χ1n) is 7.68. The number of amidine groups is 1. The van der Waals surface area contributed by atoms with E-state index in [2.05, 4.69) is 10.3 Å². The van der Waals surface area contributed by atoms with Gasteiger partial charge in [-0.3, -0.25) is 4.99 Å². The second-order valence-corrected chi connectivity index (χ2v) is 6.52. The SMILES string of the molecule is CCOc1ccc(NC2=NCC(C3CC3)S2)cc1OCC. The number of benzene rings is 1. The average Bonchev–Trinajstić information content (AvgIpc) is 3.23. The smallest absolute Gasteiger partial charge is 0.163 e. The number of hydrogen-bond acceptors (Lipinski definition) is 5. The van der Waals surface area contributed by atoms with Crippen LogP contribution in [0.15, 0.2) is 23.2 Å². The molecule has 3 rings (SSSR count). The fourth-order valence-electron chi connectivity index (χ4n) is 2.43. The highest BCUT2D eigenvalue weighted by atomic mass is 32.2. The van der Waals surface area contributed by atoms with Crippen molar-refractivity contribution in [3.63, 3.8) is 0 Å². The Kier molecular flexibility index (Phi) is 4.58. The quantitative estimate of drug-likeness (QED) is 0.868. The van der Waals surface area contributed by atoms with Crippen LogP contribution >= 0.6 is 11.8 Å². The molecule has 1 unspecified atom stereocenters. The van der Waals surface area contributed by atoms with Crippen molar-refractivity contribution in [2.75, 3.05) is 25.1 Å². The van der Waals surface area contributed by atoms with E-state index < -0.39 is 0 Å². The van der Waals surface area contributed by atoms with Crippen LogP contribution < -0.4 is 14.8 Å². The van der Waals surface area contributed by atoms with Crippen molar-refractivity contribution in [2.45, 2.75) is 31.9 Å². The minimum absolute atomic E-state index is 0.628. The summed E-state index contributed by atoms with van der Waals surface area (Å²) in [7, 11) is 0. The zero-order valence-electron chi connectivity index (χ0n) is 12.6. The summed E-state index contributed by atoms with van der Waals surface area (Å²) in [6.45, 7) is 6.17. The zero-order valence-corrected chi connectivity index (χ0v) is 13.4. The minimum Gasteiger partial charge on any atom is -0.490 e. The van der Waals surface area contributed by atoms with Crippen molar-refractivity contribution >= 4 is 22.6 Å². The van der Waals surface area contributed by atoms with E-state index in [0.29, 0.717) is 18.5 Å². The number of nitrogens with zero attached hydrogens (tertiary/aromatic N) is 1. The minimum atomic E-state index is 0.628. The predicted octanol–water partition coefficient (Wildman–Crippen LogP) is 3.78. The summed E-state index contributed by atoms with van der Waals surface area (Å²) in [6, 6.07) is 5.96. The van der Waals surface area contributed by atoms with Crippen LogP contribution in [0, 0.1) is 5.92 Å². The van der Waals surface area contributed by atoms with Gasteiger partial charge in [-0.15, -0.1) is 0 Å². The van der Waals surface area contributed by atoms with Gasteiger partial charge in [0.2, 0.25) is 0 Å². The first kappa shape index (κ1) is 14.6. The third-order valence-corrected chi connectivity index (χ3v) is 4.91. The van der Waals surface area contributed by atoms with E-state index in [9.17, 15) is 0 Å². The summed E-state index contributed by atoms with van der Waals surface area (Å²) in [5.41, 5.74) is 1.00. The number of ether oxygens (including phenoxy) is 2. The number of nitrogens with one attached hydrogen (secondary N) is 1. The van der Waals surface area contributed by atoms with Gasteiger partial charge in [-0.2, -0.15) is 0 Å². The van der Waals surface area contributed by atoms with Crippen molar-refractivity contribution < 1.29 is 9.47 Å². The number of aliphatic imine (C=N–C) groups is 1. The molecule has 1 aromatic rings. The molecule has 0 spiro atoms. The van der Waals surface area contributed by atoms with E-state index in [4.69, 9.17) is 9.47 Å². The lowest BCUT2D eigenvalue weighted by Crippen LogP contribution is -2.09. The Labute approximate surface area is 130 Å². The van der Waals surface area contributed by atoms with Gasteiger partial charge in [-0.1, -0.05) is 11.8 Å². The largest absolute Gasteiger partial charge is 0.490 e. The average molecular weight is 306 g/mol. The maximum Gasteiger partial charge on any atom is 0.163 e. The molecule has 2 aliphatic rings. The van der Waals surface area contributed by atoms with E-state index in [1.165, 1.54) is 12.8 Å². The van der Waals surface area contributed by atoms with Gasteiger partial charge < -0.3 is 14.8 Å². The maximum absolute atomic E-state index is 5.65. The van der Waals surface area contributed by atoms with E-state index in [0.717, 1.165) is 34.8 Å². The molecule has 1 heterocycles. The van der Waals surface area contributed by atoms with Gasteiger partial charge in [0.15, 0.2) is 16.7 Å². The molecule has 1 N–H and O–H groups in total. The van der Waals surface area contributed by atoms with Crippen LogP contribution in [0.4, 0.5) is 5.69 Å². The van der Waals surface area contributed by atoms with E-state index in [1.807, 2.05) is 43.8 Å². The Bertz CT molecular complexity index is 529. The van der Waals surface area contributed by atoms with Crippen molar-refractivity contribution in [2.24, 2.45) is 10.9 Å². The standard InChI is InChI=1S/C16H22N2O2S/c1-3-19-13-8-7-12(9-14(13)20-4-2)18-16-17-10-15(21-16)11-5-6-11/h7-9,11,15H,3-6,10H2,1-2H3,(H,17,18). The Morgan fingerprint density at radius 2 is 1.95 bits per heavy atom. The molecular weight excluding hydrogens is 284 g/mol. The van der Waals surface area contributed by atoms with E-state index >= 15 is 0 Å². The number of rotatable bonds is 6. The topological polar surface area (TPSA) is 42.8 Å². The van der Waals surface area contributed by atoms with Crippen LogP contribution in [-0.4, -0.2) is 30.2 Å². The van der Waals surface area contributed by atoms with Crippen molar-refractivity contribution in [1.82, 2.24) is 0 Å². The van der Waals surface area contributed by atoms with Crippen molar-refractivity contribution in [1.29, 1.82) is 0 Å². The summed E-state index contributed by atoms with van der Waals surface area (Å²) in [4.78, 5) is 4.60. The van der Waals surface area contributed by atoms with E-state index in [-0.39, 0.29) is 0 Å². The van der Waals surface area contributed by atoms with Gasteiger partial charge in [0.05, 0.1) is 19.8 Å². The van der Waals surface area contributed by atoms with Crippen LogP contribution in [0.1, 0.15) is 26.7 Å². The monoisotopic (exact) mass is 306 g/mol. The molecule has 5 heteroatoms. The Hall–Kier alpha value is -1.36. The molecule has 0 aromatic heterocycles. The van der Waals surface area contributed by atoms with Crippen LogP contribution in [0.25, 0.3) is 0 Å². The lowest BCUT2D eigenvalue weighted by molar-refractivity contribution is 0.288. The lowest BCUT2D eigenvalue weighted by Gasteiger charge is -2.13. The highest BCUT2D eigenvalue weighted by Gasteiger charge is 2.35. The molecule has 4 nitrogen and oxygen atoms in total. The number of hydrogen-bond donors (Lipinski definition) is 1. The highest BCUT2D eigenvalue weighted by Crippen LogP contribution is 2.42. The molecule has 1 fully saturated rings. The van der Waals surface area contributed by atoms with Crippen LogP contribution in [0.2, 0.25) is 0 Å². The lowest BCUT2D eigenvalue weighted by atomic mass is 10.2. The number of thioether (sulfide) groups is 1. The van der Waals surface area contributed by atoms with Crippen LogP contribution in [0.3, 0.4) is 0 Å². The van der Waals surface area contributed by atoms with Gasteiger partial charge in [0.25, 0.3) is 0 Å². The molecule has 0 bridgehead atoms. The summed E-state index contributed by atoms with van der Waals surface area (Å²) >= 11 is 1.88. The fraction of sp³-hybridized carbons (Fsp3) is 0.562. The fourth-order valence-corrected chi connectivity index (χ4v) is 3.65. The predicted molar refractivity (Wildman–Crippen MR) is 88.8 cm³/mol. The molecule has 21 heavy (non-hydrogen) atoms. The number of anilines is 1. The van der Waals surface area contributed by atoms with Crippen LogP contribution in [0.5, 0.6) is 11.5 Å². The molecule has 0 radical (unpaired) electrons. The zero-order chi connectivity index (χ0) is 14.7. The van der Waals surface area contributed by atoms with Gasteiger partial charge in [-0.25, -0.2) is 0 Å². The van der Waals surface area contributed by atoms with E-state index in [1.54, 1.807) is 0 Å². The Morgan fingerprint density at radius 1 is 1.19 bits per heavy atom. The molecule has 0 amide bonds. The molecule has 1 saturated carbocycles. The van der Waals surface area contributed by atoms with Crippen molar-refractivity contribution in [3.8, 4) is 11.5 Å². The van der Waals surface area contributed by atoms with Gasteiger partial charge >= 0.3 is 0 Å². The third kappa shape index (κ3) is 3.64. The molecule has 1 atom stereocenters. The van der Waals surface area contributed by atoms with Gasteiger partial charge in [0.1, 0.15) is 0 Å². The Morgan fingerprint density at radius 3 is 2.67 bits per heavy atom. The third-order valence-electron chi connectivity index (χ3n) is 3.62. The van der Waals surface area contributed by atoms with Gasteiger partial charge in [0, 0.05) is 17.0 Å². The molecule has 114 valence electrons. The second-order valence-electron chi connectivity index (χ2n) is 5.29. The molecule has 1 aliphatic carbocycles.